The molecule has 0 radical (unpaired) electrons. The molecule has 2 aromatic rings. The Morgan fingerprint density at radius 3 is 2.86 bits per heavy atom. The lowest BCUT2D eigenvalue weighted by Gasteiger charge is -2.18. The zero-order chi connectivity index (χ0) is 20.0. The van der Waals surface area contributed by atoms with Crippen molar-refractivity contribution in [3.63, 3.8) is 0 Å². The summed E-state index contributed by atoms with van der Waals surface area (Å²) in [5.74, 6) is 3.40. The van der Waals surface area contributed by atoms with Gasteiger partial charge in [0.2, 0.25) is 0 Å². The molecule has 3 rings (SSSR count). The highest BCUT2D eigenvalue weighted by molar-refractivity contribution is 14.0. The van der Waals surface area contributed by atoms with E-state index in [1.54, 1.807) is 13.4 Å². The highest BCUT2D eigenvalue weighted by Crippen LogP contribution is 2.41. The smallest absolute Gasteiger partial charge is 0.191 e. The van der Waals surface area contributed by atoms with E-state index in [2.05, 4.69) is 52.7 Å². The predicted molar refractivity (Wildman–Crippen MR) is 125 cm³/mol. The van der Waals surface area contributed by atoms with Crippen molar-refractivity contribution in [3.8, 4) is 11.5 Å². The van der Waals surface area contributed by atoms with Crippen LogP contribution in [-0.4, -0.2) is 53.1 Å². The van der Waals surface area contributed by atoms with E-state index in [4.69, 9.17) is 9.47 Å². The molecule has 0 saturated carbocycles. The second kappa shape index (κ2) is 10.7. The molecule has 8 nitrogen and oxygen atoms in total. The van der Waals surface area contributed by atoms with Crippen LogP contribution in [0.1, 0.15) is 32.2 Å². The molecule has 0 saturated heterocycles. The normalized spacial score (nSPS) is 14.6. The first-order chi connectivity index (χ1) is 13.5. The van der Waals surface area contributed by atoms with E-state index in [9.17, 15) is 0 Å². The van der Waals surface area contributed by atoms with Gasteiger partial charge in [0.05, 0.1) is 6.54 Å². The number of halogens is 1. The lowest BCUT2D eigenvalue weighted by Crippen LogP contribution is -2.40. The SMILES string of the molecule is CCc1nncn1CCNC(=NC)NCCOc1cccc2c1OC(C)(C)C2.I. The van der Waals surface area contributed by atoms with Crippen molar-refractivity contribution in [2.75, 3.05) is 26.7 Å². The standard InChI is InChI=1S/C20H30N6O2.HI/c1-5-17-25-24-14-26(17)11-9-22-19(21-4)23-10-12-27-16-8-6-7-15-13-20(2,3)28-18(15)16;/h6-8,14H,5,9-13H2,1-4H3,(H2,21,22,23);1H. The molecule has 0 amide bonds. The van der Waals surface area contributed by atoms with Gasteiger partial charge in [-0.15, -0.1) is 34.2 Å². The number of rotatable bonds is 8. The summed E-state index contributed by atoms with van der Waals surface area (Å²) in [4.78, 5) is 4.24. The zero-order valence-electron chi connectivity index (χ0n) is 17.6. The Balaban J connectivity index is 0.00000300. The minimum atomic E-state index is -0.172. The summed E-state index contributed by atoms with van der Waals surface area (Å²) >= 11 is 0. The summed E-state index contributed by atoms with van der Waals surface area (Å²) in [6, 6.07) is 6.07. The van der Waals surface area contributed by atoms with Gasteiger partial charge in [-0.05, 0) is 19.9 Å². The van der Waals surface area contributed by atoms with E-state index in [1.807, 2.05) is 16.7 Å². The van der Waals surface area contributed by atoms with Crippen LogP contribution in [0, 0.1) is 0 Å². The third-order valence-corrected chi connectivity index (χ3v) is 4.59. The molecule has 1 aromatic carbocycles. The Hall–Kier alpha value is -2.04. The fraction of sp³-hybridized carbons (Fsp3) is 0.550. The number of fused-ring (bicyclic) bond motifs is 1. The molecule has 160 valence electrons. The van der Waals surface area contributed by atoms with Crippen LogP contribution in [0.3, 0.4) is 0 Å². The minimum Gasteiger partial charge on any atom is -0.488 e. The van der Waals surface area contributed by atoms with Crippen LogP contribution in [0.4, 0.5) is 0 Å². The van der Waals surface area contributed by atoms with Crippen molar-refractivity contribution in [1.82, 2.24) is 25.4 Å². The first-order valence-corrected chi connectivity index (χ1v) is 9.77. The number of ether oxygens (including phenoxy) is 2. The molecule has 0 bridgehead atoms. The van der Waals surface area contributed by atoms with Gasteiger partial charge < -0.3 is 24.7 Å². The van der Waals surface area contributed by atoms with Gasteiger partial charge in [-0.2, -0.15) is 0 Å². The Kier molecular flexibility index (Phi) is 8.54. The number of aryl methyl sites for hydroxylation is 1. The number of aromatic nitrogens is 3. The topological polar surface area (TPSA) is 85.6 Å². The lowest BCUT2D eigenvalue weighted by atomic mass is 10.0. The van der Waals surface area contributed by atoms with Gasteiger partial charge in [-0.25, -0.2) is 0 Å². The molecule has 0 aliphatic carbocycles. The summed E-state index contributed by atoms with van der Waals surface area (Å²) in [5, 5.41) is 14.6. The number of para-hydroxylation sites is 1. The number of guanidine groups is 1. The Labute approximate surface area is 189 Å². The Bertz CT molecular complexity index is 821. The number of nitrogens with one attached hydrogen (secondary N) is 2. The number of hydrogen-bond donors (Lipinski definition) is 2. The van der Waals surface area contributed by atoms with Gasteiger partial charge in [0.1, 0.15) is 24.4 Å². The number of aliphatic imine (C=N–C) groups is 1. The minimum absolute atomic E-state index is 0. The van der Waals surface area contributed by atoms with Crippen LogP contribution in [0.5, 0.6) is 11.5 Å². The van der Waals surface area contributed by atoms with Crippen LogP contribution in [-0.2, 0) is 19.4 Å². The van der Waals surface area contributed by atoms with E-state index in [-0.39, 0.29) is 29.6 Å². The molecule has 2 heterocycles. The van der Waals surface area contributed by atoms with Crippen LogP contribution >= 0.6 is 24.0 Å². The first-order valence-electron chi connectivity index (χ1n) is 9.77. The van der Waals surface area contributed by atoms with Gasteiger partial charge in [-0.1, -0.05) is 19.1 Å². The van der Waals surface area contributed by atoms with E-state index in [0.717, 1.165) is 49.2 Å². The van der Waals surface area contributed by atoms with Gasteiger partial charge in [0.15, 0.2) is 17.5 Å². The monoisotopic (exact) mass is 514 g/mol. The van der Waals surface area contributed by atoms with Crippen LogP contribution in [0.2, 0.25) is 0 Å². The molecule has 0 unspecified atom stereocenters. The second-order valence-electron chi connectivity index (χ2n) is 7.35. The lowest BCUT2D eigenvalue weighted by molar-refractivity contribution is 0.132. The van der Waals surface area contributed by atoms with Crippen LogP contribution in [0.25, 0.3) is 0 Å². The summed E-state index contributed by atoms with van der Waals surface area (Å²) in [6.07, 6.45) is 3.53. The fourth-order valence-electron chi connectivity index (χ4n) is 3.29. The molecule has 1 aliphatic heterocycles. The molecule has 29 heavy (non-hydrogen) atoms. The first kappa shape index (κ1) is 23.2. The van der Waals surface area contributed by atoms with Crippen LogP contribution < -0.4 is 20.1 Å². The second-order valence-corrected chi connectivity index (χ2v) is 7.35. The molecule has 1 aliphatic rings. The summed E-state index contributed by atoms with van der Waals surface area (Å²) < 4.78 is 14.0. The Morgan fingerprint density at radius 1 is 1.31 bits per heavy atom. The maximum atomic E-state index is 6.04. The fourth-order valence-corrected chi connectivity index (χ4v) is 3.29. The predicted octanol–water partition coefficient (Wildman–Crippen LogP) is 2.42. The largest absolute Gasteiger partial charge is 0.488 e. The van der Waals surface area contributed by atoms with Crippen molar-refractivity contribution in [1.29, 1.82) is 0 Å². The number of nitrogens with zero attached hydrogens (tertiary/aromatic N) is 4. The van der Waals surface area contributed by atoms with Crippen LogP contribution in [0.15, 0.2) is 29.5 Å². The van der Waals surface area contributed by atoms with E-state index >= 15 is 0 Å². The zero-order valence-corrected chi connectivity index (χ0v) is 19.9. The molecule has 2 N–H and O–H groups in total. The maximum absolute atomic E-state index is 6.04. The van der Waals surface area contributed by atoms with E-state index < -0.39 is 0 Å². The maximum Gasteiger partial charge on any atom is 0.191 e. The molecule has 0 fully saturated rings. The van der Waals surface area contributed by atoms with Crippen molar-refractivity contribution in [2.45, 2.75) is 45.8 Å². The molecule has 0 spiro atoms. The van der Waals surface area contributed by atoms with Crippen molar-refractivity contribution >= 4 is 29.9 Å². The van der Waals surface area contributed by atoms with Crippen molar-refractivity contribution in [3.05, 3.63) is 35.9 Å². The van der Waals surface area contributed by atoms with Gasteiger partial charge in [-0.3, -0.25) is 4.99 Å². The summed E-state index contributed by atoms with van der Waals surface area (Å²) in [7, 11) is 1.76. The Morgan fingerprint density at radius 2 is 2.10 bits per heavy atom. The average molecular weight is 514 g/mol. The molecular formula is C20H31IN6O2. The number of hydrogen-bond acceptors (Lipinski definition) is 5. The quantitative estimate of drug-likeness (QED) is 0.244. The van der Waals surface area contributed by atoms with Crippen molar-refractivity contribution < 1.29 is 9.47 Å². The highest BCUT2D eigenvalue weighted by atomic mass is 127. The summed E-state index contributed by atoms with van der Waals surface area (Å²) in [6.45, 7) is 8.94. The average Bonchev–Trinajstić information content (AvgIpc) is 3.25. The van der Waals surface area contributed by atoms with E-state index in [0.29, 0.717) is 13.2 Å². The molecule has 0 atom stereocenters. The number of benzene rings is 1. The molecule has 9 heteroatoms. The van der Waals surface area contributed by atoms with Gasteiger partial charge in [0.25, 0.3) is 0 Å². The van der Waals surface area contributed by atoms with Gasteiger partial charge in [0, 0.05) is 38.5 Å². The van der Waals surface area contributed by atoms with Crippen molar-refractivity contribution in [2.24, 2.45) is 4.99 Å². The third-order valence-electron chi connectivity index (χ3n) is 4.59. The van der Waals surface area contributed by atoms with Gasteiger partial charge >= 0.3 is 0 Å². The molecule has 1 aromatic heterocycles. The third kappa shape index (κ3) is 6.22. The summed E-state index contributed by atoms with van der Waals surface area (Å²) in [5.41, 5.74) is 1.03. The van der Waals surface area contributed by atoms with E-state index in [1.165, 1.54) is 5.56 Å². The highest BCUT2D eigenvalue weighted by Gasteiger charge is 2.32. The molecular weight excluding hydrogens is 483 g/mol.